The Labute approximate surface area is 91.3 Å². The Kier molecular flexibility index (Phi) is 7.32. The molecule has 0 saturated carbocycles. The van der Waals surface area contributed by atoms with Crippen LogP contribution < -0.4 is 5.32 Å². The molecule has 0 unspecified atom stereocenters. The fourth-order valence-electron chi connectivity index (χ4n) is 1.15. The van der Waals surface area contributed by atoms with Gasteiger partial charge in [-0.1, -0.05) is 13.0 Å². The highest BCUT2D eigenvalue weighted by Gasteiger charge is 2.09. The second-order valence-electron chi connectivity index (χ2n) is 3.41. The van der Waals surface area contributed by atoms with Gasteiger partial charge in [0.2, 0.25) is 11.8 Å². The van der Waals surface area contributed by atoms with Crippen LogP contribution >= 0.6 is 0 Å². The molecule has 0 atom stereocenters. The van der Waals surface area contributed by atoms with E-state index in [1.165, 1.54) is 0 Å². The maximum atomic E-state index is 11.4. The molecule has 0 aromatic carbocycles. The molecule has 0 bridgehead atoms. The van der Waals surface area contributed by atoms with Gasteiger partial charge in [-0.05, 0) is 6.42 Å². The molecule has 4 heteroatoms. The Hall–Kier alpha value is -1.32. The summed E-state index contributed by atoms with van der Waals surface area (Å²) in [5.74, 6) is -0.0845. The average molecular weight is 212 g/mol. The highest BCUT2D eigenvalue weighted by atomic mass is 16.2. The topological polar surface area (TPSA) is 49.4 Å². The highest BCUT2D eigenvalue weighted by molar-refractivity contribution is 5.83. The van der Waals surface area contributed by atoms with E-state index in [4.69, 9.17) is 0 Å². The van der Waals surface area contributed by atoms with Crippen molar-refractivity contribution in [2.75, 3.05) is 20.1 Å². The second kappa shape index (κ2) is 8.03. The average Bonchev–Trinajstić information content (AvgIpc) is 2.23. The Morgan fingerprint density at radius 1 is 1.40 bits per heavy atom. The van der Waals surface area contributed by atoms with Gasteiger partial charge >= 0.3 is 0 Å². The number of rotatable bonds is 7. The van der Waals surface area contributed by atoms with Crippen molar-refractivity contribution in [1.29, 1.82) is 0 Å². The minimum atomic E-state index is -0.104. The third kappa shape index (κ3) is 6.71. The summed E-state index contributed by atoms with van der Waals surface area (Å²) < 4.78 is 0. The quantitative estimate of drug-likeness (QED) is 0.638. The predicted molar refractivity (Wildman–Crippen MR) is 60.4 cm³/mol. The van der Waals surface area contributed by atoms with Crippen LogP contribution in [-0.2, 0) is 9.59 Å². The molecule has 4 nitrogen and oxygen atoms in total. The van der Waals surface area contributed by atoms with Gasteiger partial charge in [0, 0.05) is 33.0 Å². The molecular weight excluding hydrogens is 192 g/mol. The van der Waals surface area contributed by atoms with Crippen molar-refractivity contribution < 1.29 is 9.59 Å². The molecule has 1 N–H and O–H groups in total. The van der Waals surface area contributed by atoms with E-state index >= 15 is 0 Å². The molecule has 0 aliphatic carbocycles. The van der Waals surface area contributed by atoms with E-state index in [2.05, 4.69) is 11.9 Å². The summed E-state index contributed by atoms with van der Waals surface area (Å²) in [6, 6.07) is 0. The number of carbonyl (C=O) groups excluding carboxylic acids is 2. The Morgan fingerprint density at radius 3 is 2.60 bits per heavy atom. The molecule has 0 aromatic rings. The lowest BCUT2D eigenvalue weighted by Crippen LogP contribution is -2.30. The van der Waals surface area contributed by atoms with Crippen molar-refractivity contribution in [3.63, 3.8) is 0 Å². The number of nitrogens with one attached hydrogen (secondary N) is 1. The van der Waals surface area contributed by atoms with Gasteiger partial charge in [-0.15, -0.1) is 6.58 Å². The molecular formula is C11H20N2O2. The van der Waals surface area contributed by atoms with Crippen LogP contribution in [0.4, 0.5) is 0 Å². The molecule has 2 amide bonds. The van der Waals surface area contributed by atoms with Gasteiger partial charge in [0.1, 0.15) is 0 Å². The number of hydrogen-bond acceptors (Lipinski definition) is 2. The molecule has 15 heavy (non-hydrogen) atoms. The largest absolute Gasteiger partial charge is 0.353 e. The number of amides is 2. The molecule has 0 heterocycles. The van der Waals surface area contributed by atoms with Gasteiger partial charge in [0.25, 0.3) is 0 Å². The summed E-state index contributed by atoms with van der Waals surface area (Å²) in [5.41, 5.74) is 0. The first-order valence-electron chi connectivity index (χ1n) is 5.23. The van der Waals surface area contributed by atoms with Gasteiger partial charge in [-0.2, -0.15) is 0 Å². The minimum absolute atomic E-state index is 0.0191. The van der Waals surface area contributed by atoms with Crippen LogP contribution in [0.5, 0.6) is 0 Å². The smallest absolute Gasteiger partial charge is 0.222 e. The zero-order valence-electron chi connectivity index (χ0n) is 9.58. The van der Waals surface area contributed by atoms with Crippen LogP contribution in [0.25, 0.3) is 0 Å². The van der Waals surface area contributed by atoms with Crippen LogP contribution in [0.15, 0.2) is 12.7 Å². The second-order valence-corrected chi connectivity index (χ2v) is 3.41. The van der Waals surface area contributed by atoms with Gasteiger partial charge in [-0.3, -0.25) is 9.59 Å². The van der Waals surface area contributed by atoms with E-state index in [9.17, 15) is 9.59 Å². The highest BCUT2D eigenvalue weighted by Crippen LogP contribution is 1.96. The molecule has 0 aromatic heterocycles. The van der Waals surface area contributed by atoms with E-state index < -0.39 is 0 Å². The van der Waals surface area contributed by atoms with Crippen molar-refractivity contribution >= 4 is 11.8 Å². The van der Waals surface area contributed by atoms with E-state index in [-0.39, 0.29) is 24.7 Å². The zero-order valence-corrected chi connectivity index (χ0v) is 9.58. The van der Waals surface area contributed by atoms with Gasteiger partial charge in [0.15, 0.2) is 0 Å². The Morgan fingerprint density at radius 2 is 2.07 bits per heavy atom. The van der Waals surface area contributed by atoms with Crippen molar-refractivity contribution in [2.45, 2.75) is 26.2 Å². The van der Waals surface area contributed by atoms with Crippen molar-refractivity contribution in [2.24, 2.45) is 0 Å². The summed E-state index contributed by atoms with van der Waals surface area (Å²) in [7, 11) is 1.76. The van der Waals surface area contributed by atoms with E-state index in [0.717, 1.165) is 13.0 Å². The maximum Gasteiger partial charge on any atom is 0.222 e. The fourth-order valence-corrected chi connectivity index (χ4v) is 1.15. The molecule has 86 valence electrons. The lowest BCUT2D eigenvalue weighted by atomic mass is 10.2. The first kappa shape index (κ1) is 13.7. The third-order valence-corrected chi connectivity index (χ3v) is 1.99. The normalized spacial score (nSPS) is 9.47. The van der Waals surface area contributed by atoms with E-state index in [1.54, 1.807) is 18.0 Å². The molecule has 0 aliphatic heterocycles. The maximum absolute atomic E-state index is 11.4. The van der Waals surface area contributed by atoms with Crippen molar-refractivity contribution in [1.82, 2.24) is 10.2 Å². The summed E-state index contributed by atoms with van der Waals surface area (Å²) >= 11 is 0. The van der Waals surface area contributed by atoms with Crippen LogP contribution in [0.2, 0.25) is 0 Å². The van der Waals surface area contributed by atoms with Crippen LogP contribution in [0.1, 0.15) is 26.2 Å². The lowest BCUT2D eigenvalue weighted by Gasteiger charge is -2.15. The molecule has 0 spiro atoms. The van der Waals surface area contributed by atoms with E-state index in [0.29, 0.717) is 6.54 Å². The Balaban J connectivity index is 3.69. The van der Waals surface area contributed by atoms with Gasteiger partial charge in [-0.25, -0.2) is 0 Å². The van der Waals surface area contributed by atoms with Crippen molar-refractivity contribution in [3.05, 3.63) is 12.7 Å². The SMILES string of the molecule is C=CCNC(=O)CCC(=O)N(C)CCC. The van der Waals surface area contributed by atoms with E-state index in [1.807, 2.05) is 6.92 Å². The lowest BCUT2D eigenvalue weighted by molar-refractivity contribution is -0.132. The summed E-state index contributed by atoms with van der Waals surface area (Å²) in [5, 5.41) is 2.63. The van der Waals surface area contributed by atoms with Crippen LogP contribution in [0, 0.1) is 0 Å². The predicted octanol–water partition coefficient (Wildman–Crippen LogP) is 0.937. The summed E-state index contributed by atoms with van der Waals surface area (Å²) in [6.07, 6.45) is 3.08. The molecule has 0 saturated heterocycles. The monoisotopic (exact) mass is 212 g/mol. The minimum Gasteiger partial charge on any atom is -0.353 e. The first-order valence-corrected chi connectivity index (χ1v) is 5.23. The summed E-state index contributed by atoms with van der Waals surface area (Å²) in [6.45, 7) is 6.70. The summed E-state index contributed by atoms with van der Waals surface area (Å²) in [4.78, 5) is 24.2. The fraction of sp³-hybridized carbons (Fsp3) is 0.636. The number of hydrogen-bond donors (Lipinski definition) is 1. The van der Waals surface area contributed by atoms with Gasteiger partial charge in [0.05, 0.1) is 0 Å². The molecule has 0 aliphatic rings. The van der Waals surface area contributed by atoms with Crippen molar-refractivity contribution in [3.8, 4) is 0 Å². The van der Waals surface area contributed by atoms with Gasteiger partial charge < -0.3 is 10.2 Å². The number of carbonyl (C=O) groups is 2. The van der Waals surface area contributed by atoms with Crippen LogP contribution in [0.3, 0.4) is 0 Å². The number of nitrogens with zero attached hydrogens (tertiary/aromatic N) is 1. The third-order valence-electron chi connectivity index (χ3n) is 1.99. The molecule has 0 rings (SSSR count). The van der Waals surface area contributed by atoms with Crippen LogP contribution in [-0.4, -0.2) is 36.9 Å². The molecule has 0 fully saturated rings. The Bertz CT molecular complexity index is 227. The zero-order chi connectivity index (χ0) is 11.7. The first-order chi connectivity index (χ1) is 7.11. The standard InChI is InChI=1S/C11H20N2O2/c1-4-8-12-10(14)6-7-11(15)13(3)9-5-2/h4H,1,5-9H2,2-3H3,(H,12,14). The molecule has 0 radical (unpaired) electrons.